The standard InChI is InChI=1S/C25H28ClNO6S/c1-17(33-14-4-2-3-5-22(28)19-10-12-21(26)13-11-19)27-23(29)15-24(27)34(32)16-18-6-8-20(9-7-18)25(30)31/h6-13,17,24H,2-5,14-16H2,1H3,(H,30,31). The van der Waals surface area contributed by atoms with Crippen LogP contribution in [0.1, 0.15) is 65.3 Å². The maximum absolute atomic E-state index is 12.8. The fraction of sp³-hybridized carbons (Fsp3) is 0.400. The van der Waals surface area contributed by atoms with Gasteiger partial charge in [-0.05, 0) is 61.7 Å². The van der Waals surface area contributed by atoms with Crippen LogP contribution >= 0.6 is 11.6 Å². The van der Waals surface area contributed by atoms with E-state index in [1.165, 1.54) is 17.0 Å². The third kappa shape index (κ3) is 6.98. The van der Waals surface area contributed by atoms with Crippen LogP contribution in [0.3, 0.4) is 0 Å². The first-order valence-electron chi connectivity index (χ1n) is 11.2. The molecule has 3 unspecified atom stereocenters. The maximum atomic E-state index is 12.8. The van der Waals surface area contributed by atoms with Crippen molar-refractivity contribution < 1.29 is 28.4 Å². The summed E-state index contributed by atoms with van der Waals surface area (Å²) in [4.78, 5) is 36.8. The van der Waals surface area contributed by atoms with Gasteiger partial charge in [0.1, 0.15) is 11.6 Å². The number of ketones is 1. The number of hydrogen-bond acceptors (Lipinski definition) is 5. The fourth-order valence-electron chi connectivity index (χ4n) is 3.74. The van der Waals surface area contributed by atoms with Gasteiger partial charge >= 0.3 is 5.97 Å². The molecule has 1 aliphatic heterocycles. The van der Waals surface area contributed by atoms with E-state index in [1.54, 1.807) is 43.3 Å². The van der Waals surface area contributed by atoms with E-state index in [0.717, 1.165) is 24.8 Å². The second-order valence-electron chi connectivity index (χ2n) is 8.20. The minimum atomic E-state index is -1.32. The lowest BCUT2D eigenvalue weighted by Crippen LogP contribution is -2.59. The molecule has 9 heteroatoms. The Morgan fingerprint density at radius 2 is 1.74 bits per heavy atom. The molecular formula is C25H28ClNO6S. The predicted octanol–water partition coefficient (Wildman–Crippen LogP) is 4.65. The second-order valence-corrected chi connectivity index (χ2v) is 10.2. The number of ether oxygens (including phenoxy) is 1. The molecule has 1 N–H and O–H groups in total. The first-order chi connectivity index (χ1) is 16.3. The lowest BCUT2D eigenvalue weighted by molar-refractivity contribution is -0.160. The Morgan fingerprint density at radius 1 is 1.09 bits per heavy atom. The van der Waals surface area contributed by atoms with Crippen LogP contribution in [-0.2, 0) is 26.1 Å². The number of carboxylic acids is 1. The van der Waals surface area contributed by atoms with Crippen LogP contribution in [0.25, 0.3) is 0 Å². The van der Waals surface area contributed by atoms with Crippen molar-refractivity contribution in [3.8, 4) is 0 Å². The summed E-state index contributed by atoms with van der Waals surface area (Å²) in [7, 11) is -1.32. The zero-order valence-electron chi connectivity index (χ0n) is 18.9. The minimum absolute atomic E-state index is 0.0834. The second kappa shape index (κ2) is 12.2. The summed E-state index contributed by atoms with van der Waals surface area (Å²) in [5, 5.41) is 9.16. The molecule has 1 fully saturated rings. The summed E-state index contributed by atoms with van der Waals surface area (Å²) >= 11 is 5.84. The van der Waals surface area contributed by atoms with Crippen LogP contribution in [0, 0.1) is 0 Å². The normalized spacial score (nSPS) is 17.2. The molecule has 0 aliphatic carbocycles. The first kappa shape index (κ1) is 26.1. The van der Waals surface area contributed by atoms with Gasteiger partial charge in [0, 0.05) is 34.4 Å². The van der Waals surface area contributed by atoms with Gasteiger partial charge in [-0.1, -0.05) is 30.2 Å². The number of Topliss-reactive ketones (excluding diaryl/α,β-unsaturated/α-hetero) is 1. The van der Waals surface area contributed by atoms with E-state index in [4.69, 9.17) is 21.4 Å². The van der Waals surface area contributed by atoms with Gasteiger partial charge in [-0.25, -0.2) is 4.79 Å². The number of hydrogen-bond donors (Lipinski definition) is 1. The lowest BCUT2D eigenvalue weighted by atomic mass is 10.1. The fourth-order valence-corrected chi connectivity index (χ4v) is 5.45. The van der Waals surface area contributed by atoms with Crippen LogP contribution in [-0.4, -0.2) is 50.1 Å². The van der Waals surface area contributed by atoms with Crippen LogP contribution < -0.4 is 0 Å². The van der Waals surface area contributed by atoms with Crippen molar-refractivity contribution in [1.82, 2.24) is 4.90 Å². The summed E-state index contributed by atoms with van der Waals surface area (Å²) < 4.78 is 18.6. The number of β-lactam (4-membered cyclic amide) rings is 1. The molecule has 0 aromatic heterocycles. The molecule has 0 radical (unpaired) electrons. The number of likely N-dealkylation sites (tertiary alicyclic amines) is 1. The van der Waals surface area contributed by atoms with Crippen molar-refractivity contribution in [2.75, 3.05) is 6.61 Å². The Balaban J connectivity index is 1.37. The number of carbonyl (C=O) groups excluding carboxylic acids is 2. The molecule has 0 spiro atoms. The highest BCUT2D eigenvalue weighted by Crippen LogP contribution is 2.27. The maximum Gasteiger partial charge on any atom is 0.335 e. The molecule has 182 valence electrons. The third-order valence-electron chi connectivity index (χ3n) is 5.73. The average Bonchev–Trinajstić information content (AvgIpc) is 2.80. The number of carboxylic acid groups (broad SMARTS) is 1. The van der Waals surface area contributed by atoms with Crippen LogP contribution in [0.4, 0.5) is 0 Å². The molecule has 0 saturated carbocycles. The zero-order chi connectivity index (χ0) is 24.7. The zero-order valence-corrected chi connectivity index (χ0v) is 20.5. The average molecular weight is 506 g/mol. The summed E-state index contributed by atoms with van der Waals surface area (Å²) in [6, 6.07) is 13.1. The van der Waals surface area contributed by atoms with Crippen LogP contribution in [0.2, 0.25) is 5.02 Å². The SMILES string of the molecule is CC(OCCCCCC(=O)c1ccc(Cl)cc1)N1C(=O)CC1S(=O)Cc1ccc(C(=O)O)cc1. The van der Waals surface area contributed by atoms with E-state index >= 15 is 0 Å². The topological polar surface area (TPSA) is 101 Å². The molecule has 1 amide bonds. The largest absolute Gasteiger partial charge is 0.478 e. The summed E-state index contributed by atoms with van der Waals surface area (Å²) in [5.74, 6) is -0.786. The van der Waals surface area contributed by atoms with Gasteiger partial charge in [-0.2, -0.15) is 0 Å². The summed E-state index contributed by atoms with van der Waals surface area (Å²) in [6.45, 7) is 2.21. The van der Waals surface area contributed by atoms with E-state index in [2.05, 4.69) is 0 Å². The van der Waals surface area contributed by atoms with E-state index in [9.17, 15) is 18.6 Å². The molecule has 0 bridgehead atoms. The molecule has 1 aliphatic rings. The molecular weight excluding hydrogens is 478 g/mol. The van der Waals surface area contributed by atoms with Crippen molar-refractivity contribution in [2.24, 2.45) is 0 Å². The van der Waals surface area contributed by atoms with E-state index in [-0.39, 0.29) is 29.4 Å². The number of aromatic carboxylic acids is 1. The molecule has 1 heterocycles. The highest BCUT2D eigenvalue weighted by atomic mass is 35.5. The molecule has 3 rings (SSSR count). The first-order valence-corrected chi connectivity index (χ1v) is 12.9. The number of nitrogens with zero attached hydrogens (tertiary/aromatic N) is 1. The lowest BCUT2D eigenvalue weighted by Gasteiger charge is -2.43. The Hall–Kier alpha value is -2.55. The quantitative estimate of drug-likeness (QED) is 0.241. The van der Waals surface area contributed by atoms with Crippen molar-refractivity contribution in [3.05, 3.63) is 70.2 Å². The number of carbonyl (C=O) groups is 3. The highest BCUT2D eigenvalue weighted by molar-refractivity contribution is 7.85. The van der Waals surface area contributed by atoms with E-state index < -0.39 is 28.4 Å². The Labute approximate surface area is 206 Å². The molecule has 3 atom stereocenters. The molecule has 7 nitrogen and oxygen atoms in total. The van der Waals surface area contributed by atoms with Gasteiger partial charge < -0.3 is 14.7 Å². The summed E-state index contributed by atoms with van der Waals surface area (Å²) in [6.07, 6.45) is 2.50. The van der Waals surface area contributed by atoms with Crippen molar-refractivity contribution in [3.63, 3.8) is 0 Å². The number of unbranched alkanes of at least 4 members (excludes halogenated alkanes) is 2. The Bertz CT molecular complexity index is 1040. The Morgan fingerprint density at radius 3 is 2.35 bits per heavy atom. The molecule has 2 aromatic rings. The van der Waals surface area contributed by atoms with Gasteiger partial charge in [-0.3, -0.25) is 13.8 Å². The van der Waals surface area contributed by atoms with E-state index in [0.29, 0.717) is 23.6 Å². The molecule has 2 aromatic carbocycles. The number of benzene rings is 2. The number of rotatable bonds is 13. The third-order valence-corrected chi connectivity index (χ3v) is 7.60. The van der Waals surface area contributed by atoms with Gasteiger partial charge in [-0.15, -0.1) is 0 Å². The predicted molar refractivity (Wildman–Crippen MR) is 130 cm³/mol. The summed E-state index contributed by atoms with van der Waals surface area (Å²) in [5.41, 5.74) is 1.58. The van der Waals surface area contributed by atoms with Crippen molar-refractivity contribution in [2.45, 2.75) is 56.4 Å². The molecule has 1 saturated heterocycles. The van der Waals surface area contributed by atoms with Gasteiger partial charge in [0.25, 0.3) is 0 Å². The van der Waals surface area contributed by atoms with Crippen LogP contribution in [0.5, 0.6) is 0 Å². The monoisotopic (exact) mass is 505 g/mol. The highest BCUT2D eigenvalue weighted by Gasteiger charge is 2.43. The Kier molecular flexibility index (Phi) is 9.38. The number of halogens is 1. The van der Waals surface area contributed by atoms with Gasteiger partial charge in [0.05, 0.1) is 17.7 Å². The van der Waals surface area contributed by atoms with E-state index in [1.807, 2.05) is 0 Å². The van der Waals surface area contributed by atoms with Crippen LogP contribution in [0.15, 0.2) is 48.5 Å². The van der Waals surface area contributed by atoms with Gasteiger partial charge in [0.15, 0.2) is 5.78 Å². The van der Waals surface area contributed by atoms with Crippen molar-refractivity contribution >= 4 is 40.1 Å². The minimum Gasteiger partial charge on any atom is -0.478 e. The van der Waals surface area contributed by atoms with Gasteiger partial charge in [0.2, 0.25) is 5.91 Å². The van der Waals surface area contributed by atoms with Crippen molar-refractivity contribution in [1.29, 1.82) is 0 Å². The number of amides is 1. The smallest absolute Gasteiger partial charge is 0.335 e. The molecule has 34 heavy (non-hydrogen) atoms.